The number of hydrogen-bond acceptors (Lipinski definition) is 5. The minimum atomic E-state index is -0.864. The lowest BCUT2D eigenvalue weighted by atomic mass is 10.1. The first-order chi connectivity index (χ1) is 8.61. The van der Waals surface area contributed by atoms with Crippen molar-refractivity contribution >= 4 is 23.4 Å². The zero-order valence-electron chi connectivity index (χ0n) is 9.79. The number of aromatic nitrogens is 2. The Balaban J connectivity index is 1.98. The molecule has 1 aromatic rings. The Morgan fingerprint density at radius 1 is 1.56 bits per heavy atom. The number of carbonyl (C=O) groups is 2. The molecule has 2 rings (SSSR count). The monoisotopic (exact) mass is 267 g/mol. The van der Waals surface area contributed by atoms with E-state index in [1.54, 1.807) is 12.2 Å². The van der Waals surface area contributed by atoms with Crippen molar-refractivity contribution in [3.8, 4) is 0 Å². The molecule has 1 aromatic heterocycles. The highest BCUT2D eigenvalue weighted by Gasteiger charge is 2.26. The molecule has 18 heavy (non-hydrogen) atoms. The lowest BCUT2D eigenvalue weighted by molar-refractivity contribution is -0.140. The smallest absolute Gasteiger partial charge is 0.310 e. The van der Waals surface area contributed by atoms with Crippen molar-refractivity contribution in [1.29, 1.82) is 0 Å². The molecule has 96 valence electrons. The van der Waals surface area contributed by atoms with Crippen molar-refractivity contribution in [3.05, 3.63) is 22.7 Å². The van der Waals surface area contributed by atoms with Crippen molar-refractivity contribution in [1.82, 2.24) is 14.9 Å². The molecule has 0 aromatic carbocycles. The lowest BCUT2D eigenvalue weighted by Crippen LogP contribution is -2.33. The number of carboxylic acids is 1. The number of aliphatic carboxylic acids is 1. The van der Waals surface area contributed by atoms with E-state index in [1.807, 2.05) is 6.92 Å². The SMILES string of the molecule is CCc1nnsc1C(=O)NC1C=CC(C(=O)O)C1. The number of hydrogen-bond donors (Lipinski definition) is 2. The van der Waals surface area contributed by atoms with Gasteiger partial charge in [0.1, 0.15) is 4.88 Å². The second kappa shape index (κ2) is 5.26. The maximum Gasteiger partial charge on any atom is 0.310 e. The van der Waals surface area contributed by atoms with Crippen LogP contribution in [-0.4, -0.2) is 32.6 Å². The average Bonchev–Trinajstić information content (AvgIpc) is 2.96. The molecule has 0 bridgehead atoms. The van der Waals surface area contributed by atoms with Crippen molar-refractivity contribution in [2.24, 2.45) is 5.92 Å². The summed E-state index contributed by atoms with van der Waals surface area (Å²) in [4.78, 5) is 23.2. The first kappa shape index (κ1) is 12.7. The third-order valence-corrected chi connectivity index (χ3v) is 3.58. The van der Waals surface area contributed by atoms with Gasteiger partial charge >= 0.3 is 5.97 Å². The Hall–Kier alpha value is -1.76. The Bertz CT molecular complexity index is 497. The van der Waals surface area contributed by atoms with Crippen molar-refractivity contribution in [3.63, 3.8) is 0 Å². The largest absolute Gasteiger partial charge is 0.481 e. The van der Waals surface area contributed by atoms with Crippen LogP contribution in [0.3, 0.4) is 0 Å². The van der Waals surface area contributed by atoms with Gasteiger partial charge in [-0.25, -0.2) is 0 Å². The van der Waals surface area contributed by atoms with Gasteiger partial charge < -0.3 is 10.4 Å². The highest BCUT2D eigenvalue weighted by atomic mass is 32.1. The minimum absolute atomic E-state index is 0.231. The van der Waals surface area contributed by atoms with Crippen molar-refractivity contribution in [2.45, 2.75) is 25.8 Å². The molecule has 0 aliphatic heterocycles. The Morgan fingerprint density at radius 2 is 2.33 bits per heavy atom. The van der Waals surface area contributed by atoms with Crippen LogP contribution in [0.25, 0.3) is 0 Å². The van der Waals surface area contributed by atoms with E-state index in [0.29, 0.717) is 23.4 Å². The van der Waals surface area contributed by atoms with Gasteiger partial charge in [-0.1, -0.05) is 23.6 Å². The number of aryl methyl sites for hydroxylation is 1. The Morgan fingerprint density at radius 3 is 2.94 bits per heavy atom. The van der Waals surface area contributed by atoms with Gasteiger partial charge in [-0.2, -0.15) is 0 Å². The van der Waals surface area contributed by atoms with E-state index in [0.717, 1.165) is 11.5 Å². The zero-order chi connectivity index (χ0) is 13.1. The summed E-state index contributed by atoms with van der Waals surface area (Å²) >= 11 is 1.06. The topological polar surface area (TPSA) is 92.2 Å². The third-order valence-electron chi connectivity index (χ3n) is 2.81. The summed E-state index contributed by atoms with van der Waals surface area (Å²) in [6, 6.07) is -0.231. The highest BCUT2D eigenvalue weighted by molar-refractivity contribution is 7.08. The molecule has 1 heterocycles. The van der Waals surface area contributed by atoms with Gasteiger partial charge in [0.05, 0.1) is 11.6 Å². The van der Waals surface area contributed by atoms with Gasteiger partial charge in [0, 0.05) is 6.04 Å². The molecular formula is C11H13N3O3S. The first-order valence-corrected chi connectivity index (χ1v) is 6.42. The predicted octanol–water partition coefficient (Wildman–Crippen LogP) is 0.860. The molecule has 0 radical (unpaired) electrons. The van der Waals surface area contributed by atoms with Gasteiger partial charge in [0.15, 0.2) is 0 Å². The molecule has 0 saturated carbocycles. The molecule has 2 unspecified atom stereocenters. The van der Waals surface area contributed by atoms with E-state index in [9.17, 15) is 9.59 Å². The molecule has 0 fully saturated rings. The van der Waals surface area contributed by atoms with Crippen LogP contribution in [0.4, 0.5) is 0 Å². The van der Waals surface area contributed by atoms with Crippen LogP contribution in [0, 0.1) is 5.92 Å². The van der Waals surface area contributed by atoms with E-state index in [-0.39, 0.29) is 11.9 Å². The number of carboxylic acid groups (broad SMARTS) is 1. The molecular weight excluding hydrogens is 254 g/mol. The van der Waals surface area contributed by atoms with E-state index >= 15 is 0 Å². The summed E-state index contributed by atoms with van der Waals surface area (Å²) in [6.45, 7) is 1.91. The third kappa shape index (κ3) is 2.56. The second-order valence-corrected chi connectivity index (χ2v) is 4.80. The fraction of sp³-hybridized carbons (Fsp3) is 0.455. The van der Waals surface area contributed by atoms with Crippen LogP contribution >= 0.6 is 11.5 Å². The summed E-state index contributed by atoms with van der Waals surface area (Å²) < 4.78 is 3.75. The first-order valence-electron chi connectivity index (χ1n) is 5.65. The highest BCUT2D eigenvalue weighted by Crippen LogP contribution is 2.19. The van der Waals surface area contributed by atoms with Crippen LogP contribution in [-0.2, 0) is 11.2 Å². The van der Waals surface area contributed by atoms with E-state index in [4.69, 9.17) is 5.11 Å². The van der Waals surface area contributed by atoms with Gasteiger partial charge in [-0.05, 0) is 24.4 Å². The fourth-order valence-electron chi connectivity index (χ4n) is 1.84. The molecule has 7 heteroatoms. The average molecular weight is 267 g/mol. The van der Waals surface area contributed by atoms with Gasteiger partial charge in [0.2, 0.25) is 0 Å². The van der Waals surface area contributed by atoms with Crippen molar-refractivity contribution in [2.75, 3.05) is 0 Å². The number of amides is 1. The van der Waals surface area contributed by atoms with E-state index in [1.165, 1.54) is 0 Å². The summed E-state index contributed by atoms with van der Waals surface area (Å²) in [5, 5.41) is 15.5. The van der Waals surface area contributed by atoms with E-state index < -0.39 is 11.9 Å². The van der Waals surface area contributed by atoms with Gasteiger partial charge in [-0.15, -0.1) is 5.10 Å². The minimum Gasteiger partial charge on any atom is -0.481 e. The van der Waals surface area contributed by atoms with Crippen LogP contribution in [0.2, 0.25) is 0 Å². The van der Waals surface area contributed by atoms with Gasteiger partial charge in [0.25, 0.3) is 5.91 Å². The van der Waals surface area contributed by atoms with Crippen molar-refractivity contribution < 1.29 is 14.7 Å². The molecule has 1 aliphatic carbocycles. The molecule has 0 spiro atoms. The molecule has 2 N–H and O–H groups in total. The quantitative estimate of drug-likeness (QED) is 0.789. The molecule has 0 saturated heterocycles. The standard InChI is InChI=1S/C11H13N3O3S/c1-2-8-9(18-14-13-8)10(15)12-7-4-3-6(5-7)11(16)17/h3-4,6-7H,2,5H2,1H3,(H,12,15)(H,16,17). The molecule has 1 aliphatic rings. The number of carbonyl (C=O) groups excluding carboxylic acids is 1. The number of nitrogens with one attached hydrogen (secondary N) is 1. The van der Waals surface area contributed by atoms with Crippen LogP contribution in [0.15, 0.2) is 12.2 Å². The summed E-state index contributed by atoms with van der Waals surface area (Å²) in [7, 11) is 0. The second-order valence-electron chi connectivity index (χ2n) is 4.05. The lowest BCUT2D eigenvalue weighted by Gasteiger charge is -2.11. The zero-order valence-corrected chi connectivity index (χ0v) is 10.6. The maximum atomic E-state index is 12.0. The van der Waals surface area contributed by atoms with Crippen LogP contribution < -0.4 is 5.32 Å². The number of rotatable bonds is 4. The van der Waals surface area contributed by atoms with Gasteiger partial charge in [-0.3, -0.25) is 9.59 Å². The van der Waals surface area contributed by atoms with Crippen LogP contribution in [0.1, 0.15) is 28.7 Å². The van der Waals surface area contributed by atoms with Crippen LogP contribution in [0.5, 0.6) is 0 Å². The Kier molecular flexibility index (Phi) is 3.71. The van der Waals surface area contributed by atoms with E-state index in [2.05, 4.69) is 14.9 Å². The molecule has 2 atom stereocenters. The number of nitrogens with zero attached hydrogens (tertiary/aromatic N) is 2. The molecule has 1 amide bonds. The summed E-state index contributed by atoms with van der Waals surface area (Å²) in [5.41, 5.74) is 0.675. The maximum absolute atomic E-state index is 12.0. The normalized spacial score (nSPS) is 22.1. The predicted molar refractivity (Wildman–Crippen MR) is 65.4 cm³/mol. The summed E-state index contributed by atoms with van der Waals surface area (Å²) in [6.07, 6.45) is 4.38. The molecule has 6 nitrogen and oxygen atoms in total. The fourth-order valence-corrected chi connectivity index (χ4v) is 2.49. The summed E-state index contributed by atoms with van der Waals surface area (Å²) in [5.74, 6) is -1.61. The Labute approximate surface area is 108 Å².